The molecule has 8 heteroatoms. The lowest BCUT2D eigenvalue weighted by atomic mass is 10.1. The van der Waals surface area contributed by atoms with Crippen LogP contribution in [0.1, 0.15) is 11.1 Å². The van der Waals surface area contributed by atoms with Crippen molar-refractivity contribution in [3.05, 3.63) is 58.4 Å². The lowest BCUT2D eigenvalue weighted by Gasteiger charge is -2.20. The second-order valence-electron chi connectivity index (χ2n) is 5.82. The van der Waals surface area contributed by atoms with Crippen LogP contribution in [0.5, 0.6) is 5.75 Å². The van der Waals surface area contributed by atoms with Gasteiger partial charge in [-0.3, -0.25) is 0 Å². The molecule has 0 spiro atoms. The Balaban J connectivity index is 1.56. The van der Waals surface area contributed by atoms with Gasteiger partial charge in [0.15, 0.2) is 17.8 Å². The summed E-state index contributed by atoms with van der Waals surface area (Å²) in [4.78, 5) is 0. The van der Waals surface area contributed by atoms with E-state index in [1.807, 2.05) is 35.9 Å². The van der Waals surface area contributed by atoms with Crippen LogP contribution in [0.15, 0.2) is 41.6 Å². The number of fused-ring (bicyclic) bond motifs is 1. The number of benzene rings is 2. The molecule has 0 unspecified atom stereocenters. The zero-order chi connectivity index (χ0) is 18.1. The van der Waals surface area contributed by atoms with Gasteiger partial charge in [0, 0.05) is 34.5 Å². The third kappa shape index (κ3) is 3.42. The molecule has 0 amide bonds. The van der Waals surface area contributed by atoms with Gasteiger partial charge in [-0.25, -0.2) is 4.39 Å². The summed E-state index contributed by atoms with van der Waals surface area (Å²) in [6, 6.07) is 10.4. The summed E-state index contributed by atoms with van der Waals surface area (Å²) >= 11 is 7.41. The molecule has 0 bridgehead atoms. The molecular formula is C18H15ClFN3O2S. The Kier molecular flexibility index (Phi) is 4.84. The Morgan fingerprint density at radius 2 is 2.04 bits per heavy atom. The predicted octanol–water partition coefficient (Wildman–Crippen LogP) is 4.43. The Bertz CT molecular complexity index is 946. The van der Waals surface area contributed by atoms with Gasteiger partial charge >= 0.3 is 0 Å². The van der Waals surface area contributed by atoms with Crippen LogP contribution in [0.2, 0.25) is 5.02 Å². The van der Waals surface area contributed by atoms with Crippen molar-refractivity contribution in [3.8, 4) is 17.1 Å². The summed E-state index contributed by atoms with van der Waals surface area (Å²) in [5.74, 6) is 1.67. The van der Waals surface area contributed by atoms with E-state index in [4.69, 9.17) is 21.1 Å². The molecule has 0 N–H and O–H groups in total. The van der Waals surface area contributed by atoms with Crippen LogP contribution in [-0.4, -0.2) is 21.6 Å². The maximum atomic E-state index is 13.9. The highest BCUT2D eigenvalue weighted by Crippen LogP contribution is 2.34. The number of halogens is 2. The molecular weight excluding hydrogens is 377 g/mol. The van der Waals surface area contributed by atoms with Crippen molar-refractivity contribution < 1.29 is 13.9 Å². The van der Waals surface area contributed by atoms with Crippen molar-refractivity contribution in [1.29, 1.82) is 0 Å². The summed E-state index contributed by atoms with van der Waals surface area (Å²) in [7, 11) is 1.90. The number of thioether (sulfide) groups is 1. The van der Waals surface area contributed by atoms with E-state index in [0.717, 1.165) is 27.7 Å². The first kappa shape index (κ1) is 17.3. The molecule has 1 aliphatic heterocycles. The Hall–Kier alpha value is -2.09. The zero-order valence-corrected chi connectivity index (χ0v) is 15.5. The number of nitrogens with zero attached hydrogens (tertiary/aromatic N) is 3. The highest BCUT2D eigenvalue weighted by Gasteiger charge is 2.18. The molecule has 5 nitrogen and oxygen atoms in total. The average Bonchev–Trinajstić information content (AvgIpc) is 3.01. The van der Waals surface area contributed by atoms with Crippen LogP contribution in [0.4, 0.5) is 4.39 Å². The Labute approximate surface area is 159 Å². The zero-order valence-electron chi connectivity index (χ0n) is 13.9. The average molecular weight is 392 g/mol. The number of rotatable bonds is 4. The highest BCUT2D eigenvalue weighted by atomic mass is 35.5. The number of ether oxygens (including phenoxy) is 2. The van der Waals surface area contributed by atoms with Crippen molar-refractivity contribution in [2.24, 2.45) is 7.05 Å². The van der Waals surface area contributed by atoms with Gasteiger partial charge < -0.3 is 14.0 Å². The van der Waals surface area contributed by atoms with Crippen LogP contribution in [0, 0.1) is 5.82 Å². The topological polar surface area (TPSA) is 49.2 Å². The SMILES string of the molecule is Cn1c(SCc2cc(F)cc3c2OCOC3)nnc1-c1ccc(Cl)cc1. The first-order chi connectivity index (χ1) is 12.6. The van der Waals surface area contributed by atoms with Gasteiger partial charge in [0.2, 0.25) is 0 Å². The first-order valence-electron chi connectivity index (χ1n) is 7.92. The molecule has 0 atom stereocenters. The van der Waals surface area contributed by atoms with Gasteiger partial charge in [0.25, 0.3) is 0 Å². The maximum absolute atomic E-state index is 13.9. The molecule has 0 aliphatic carbocycles. The van der Waals surface area contributed by atoms with Crippen molar-refractivity contribution in [2.45, 2.75) is 17.5 Å². The van der Waals surface area contributed by atoms with Crippen molar-refractivity contribution in [3.63, 3.8) is 0 Å². The number of hydrogen-bond acceptors (Lipinski definition) is 5. The summed E-state index contributed by atoms with van der Waals surface area (Å²) in [6.07, 6.45) is 0. The second kappa shape index (κ2) is 7.26. The molecule has 134 valence electrons. The molecule has 1 aromatic heterocycles. The minimum absolute atomic E-state index is 0.182. The van der Waals surface area contributed by atoms with E-state index in [-0.39, 0.29) is 12.6 Å². The molecule has 3 aromatic rings. The lowest BCUT2D eigenvalue weighted by molar-refractivity contribution is -0.0171. The van der Waals surface area contributed by atoms with Gasteiger partial charge in [0.1, 0.15) is 11.6 Å². The van der Waals surface area contributed by atoms with E-state index in [1.54, 1.807) is 0 Å². The van der Waals surface area contributed by atoms with Crippen LogP contribution in [-0.2, 0) is 24.1 Å². The number of hydrogen-bond donors (Lipinski definition) is 0. The highest BCUT2D eigenvalue weighted by molar-refractivity contribution is 7.98. The molecule has 1 aliphatic rings. The van der Waals surface area contributed by atoms with Gasteiger partial charge in [-0.15, -0.1) is 10.2 Å². The fraction of sp³-hybridized carbons (Fsp3) is 0.222. The van der Waals surface area contributed by atoms with Crippen molar-refractivity contribution in [1.82, 2.24) is 14.8 Å². The fourth-order valence-electron chi connectivity index (χ4n) is 2.80. The number of aromatic nitrogens is 3. The van der Waals surface area contributed by atoms with E-state index in [9.17, 15) is 4.39 Å². The molecule has 26 heavy (non-hydrogen) atoms. The van der Waals surface area contributed by atoms with Gasteiger partial charge in [-0.05, 0) is 36.4 Å². The summed E-state index contributed by atoms with van der Waals surface area (Å²) in [6.45, 7) is 0.538. The molecule has 4 rings (SSSR count). The van der Waals surface area contributed by atoms with Crippen LogP contribution in [0.25, 0.3) is 11.4 Å². The Morgan fingerprint density at radius 3 is 2.85 bits per heavy atom. The third-order valence-electron chi connectivity index (χ3n) is 4.05. The lowest BCUT2D eigenvalue weighted by Crippen LogP contribution is -2.13. The normalized spacial score (nSPS) is 13.3. The summed E-state index contributed by atoms with van der Waals surface area (Å²) < 4.78 is 26.5. The van der Waals surface area contributed by atoms with E-state index in [2.05, 4.69) is 10.2 Å². The quantitative estimate of drug-likeness (QED) is 0.615. The second-order valence-corrected chi connectivity index (χ2v) is 7.20. The van der Waals surface area contributed by atoms with Gasteiger partial charge in [-0.1, -0.05) is 23.4 Å². The van der Waals surface area contributed by atoms with Crippen LogP contribution in [0.3, 0.4) is 0 Å². The minimum atomic E-state index is -0.298. The van der Waals surface area contributed by atoms with E-state index >= 15 is 0 Å². The third-order valence-corrected chi connectivity index (χ3v) is 5.37. The molecule has 2 heterocycles. The fourth-order valence-corrected chi connectivity index (χ4v) is 3.80. The smallest absolute Gasteiger partial charge is 0.191 e. The maximum Gasteiger partial charge on any atom is 0.191 e. The predicted molar refractivity (Wildman–Crippen MR) is 97.7 cm³/mol. The van der Waals surface area contributed by atoms with Gasteiger partial charge in [0.05, 0.1) is 6.61 Å². The van der Waals surface area contributed by atoms with Gasteiger partial charge in [-0.2, -0.15) is 0 Å². The largest absolute Gasteiger partial charge is 0.467 e. The molecule has 2 aromatic carbocycles. The standard InChI is InChI=1S/C18H15ClFN3O2S/c1-23-17(11-2-4-14(19)5-3-11)21-22-18(23)26-9-13-7-15(20)6-12-8-24-10-25-16(12)13/h2-7H,8-10H2,1H3. The summed E-state index contributed by atoms with van der Waals surface area (Å²) in [5.41, 5.74) is 2.44. The minimum Gasteiger partial charge on any atom is -0.467 e. The Morgan fingerprint density at radius 1 is 1.23 bits per heavy atom. The molecule has 0 saturated heterocycles. The monoisotopic (exact) mass is 391 g/mol. The van der Waals surface area contributed by atoms with E-state index in [1.165, 1.54) is 23.9 Å². The first-order valence-corrected chi connectivity index (χ1v) is 9.28. The van der Waals surface area contributed by atoms with Crippen LogP contribution < -0.4 is 4.74 Å². The molecule has 0 saturated carbocycles. The molecule has 0 fully saturated rings. The summed E-state index contributed by atoms with van der Waals surface area (Å²) in [5, 5.41) is 9.91. The van der Waals surface area contributed by atoms with Crippen LogP contribution >= 0.6 is 23.4 Å². The molecule has 0 radical (unpaired) electrons. The van der Waals surface area contributed by atoms with E-state index in [0.29, 0.717) is 23.1 Å². The van der Waals surface area contributed by atoms with Crippen molar-refractivity contribution in [2.75, 3.05) is 6.79 Å². The van der Waals surface area contributed by atoms with Crippen molar-refractivity contribution >= 4 is 23.4 Å². The van der Waals surface area contributed by atoms with E-state index < -0.39 is 0 Å².